The maximum Gasteiger partial charge on any atom is 0.167 e. The molecule has 0 aliphatic heterocycles. The van der Waals surface area contributed by atoms with Crippen molar-refractivity contribution in [3.8, 4) is 6.07 Å². The van der Waals surface area contributed by atoms with Gasteiger partial charge in [-0.1, -0.05) is 13.8 Å². The third-order valence-corrected chi connectivity index (χ3v) is 3.86. The van der Waals surface area contributed by atoms with Crippen molar-refractivity contribution in [2.24, 2.45) is 0 Å². The zero-order chi connectivity index (χ0) is 15.3. The molecule has 0 aliphatic rings. The minimum absolute atomic E-state index is 0.0236. The Morgan fingerprint density at radius 1 is 1.20 bits per heavy atom. The molecule has 0 saturated carbocycles. The van der Waals surface area contributed by atoms with Crippen LogP contribution in [0.4, 0.5) is 5.82 Å². The maximum absolute atomic E-state index is 9.42. The first kappa shape index (κ1) is 16.4. The average Bonchev–Trinajstić information content (AvgIpc) is 2.43. The molecule has 0 atom stereocenters. The van der Waals surface area contributed by atoms with Crippen LogP contribution in [0.2, 0.25) is 0 Å². The molecule has 1 N–H and O–H groups in total. The van der Waals surface area contributed by atoms with E-state index in [1.807, 2.05) is 27.9 Å². The summed E-state index contributed by atoms with van der Waals surface area (Å²) in [5, 5.41) is 21.1. The molecule has 110 valence electrons. The molecule has 1 aromatic heterocycles. The third-order valence-electron chi connectivity index (χ3n) is 3.86. The van der Waals surface area contributed by atoms with Crippen molar-refractivity contribution in [1.29, 1.82) is 5.26 Å². The Morgan fingerprint density at radius 3 is 2.30 bits per heavy atom. The fourth-order valence-electron chi connectivity index (χ4n) is 1.88. The van der Waals surface area contributed by atoms with E-state index in [1.54, 1.807) is 0 Å². The van der Waals surface area contributed by atoms with Gasteiger partial charge in [0.2, 0.25) is 0 Å². The monoisotopic (exact) mass is 275 g/mol. The minimum Gasteiger partial charge on any atom is -0.366 e. The summed E-state index contributed by atoms with van der Waals surface area (Å²) in [6, 6.07) is 2.28. The standard InChI is InChI=1S/C15H25N5/c1-7-11-12(9-16)14(19-18-13(11)8-2)17-10-15(3,4)20(5)6/h7-8,10H2,1-6H3,(H,17,19). The van der Waals surface area contributed by atoms with Crippen LogP contribution in [0.25, 0.3) is 0 Å². The van der Waals surface area contributed by atoms with Crippen molar-refractivity contribution in [1.82, 2.24) is 15.1 Å². The molecule has 0 aliphatic carbocycles. The van der Waals surface area contributed by atoms with E-state index in [9.17, 15) is 5.26 Å². The number of likely N-dealkylation sites (N-methyl/N-ethyl adjacent to an activating group) is 1. The second-order valence-corrected chi connectivity index (χ2v) is 5.73. The van der Waals surface area contributed by atoms with E-state index in [-0.39, 0.29) is 5.54 Å². The molecule has 0 amide bonds. The summed E-state index contributed by atoms with van der Waals surface area (Å²) in [4.78, 5) is 2.14. The Bertz CT molecular complexity index is 500. The van der Waals surface area contributed by atoms with E-state index < -0.39 is 0 Å². The molecule has 0 fully saturated rings. The quantitative estimate of drug-likeness (QED) is 0.862. The van der Waals surface area contributed by atoms with E-state index in [2.05, 4.69) is 40.3 Å². The first-order valence-electron chi connectivity index (χ1n) is 7.07. The zero-order valence-corrected chi connectivity index (χ0v) is 13.4. The van der Waals surface area contributed by atoms with E-state index in [0.29, 0.717) is 17.9 Å². The molecule has 1 aromatic rings. The van der Waals surface area contributed by atoms with Gasteiger partial charge in [-0.3, -0.25) is 0 Å². The van der Waals surface area contributed by atoms with Crippen LogP contribution in [0.15, 0.2) is 0 Å². The Labute approximate surface area is 122 Å². The lowest BCUT2D eigenvalue weighted by Gasteiger charge is -2.32. The molecular formula is C15H25N5. The summed E-state index contributed by atoms with van der Waals surface area (Å²) < 4.78 is 0. The summed E-state index contributed by atoms with van der Waals surface area (Å²) in [5.74, 6) is 0.594. The molecule has 5 nitrogen and oxygen atoms in total. The summed E-state index contributed by atoms with van der Waals surface area (Å²) in [6.07, 6.45) is 1.60. The number of nitrogens with one attached hydrogen (secondary N) is 1. The van der Waals surface area contributed by atoms with Crippen LogP contribution in [0, 0.1) is 11.3 Å². The van der Waals surface area contributed by atoms with Crippen LogP contribution in [0.5, 0.6) is 0 Å². The number of hydrogen-bond donors (Lipinski definition) is 1. The lowest BCUT2D eigenvalue weighted by molar-refractivity contribution is 0.210. The van der Waals surface area contributed by atoms with Crippen LogP contribution < -0.4 is 5.32 Å². The number of nitriles is 1. The van der Waals surface area contributed by atoms with Crippen molar-refractivity contribution in [2.75, 3.05) is 26.0 Å². The topological polar surface area (TPSA) is 64.8 Å². The fraction of sp³-hybridized carbons (Fsp3) is 0.667. The van der Waals surface area contributed by atoms with Crippen molar-refractivity contribution < 1.29 is 0 Å². The third kappa shape index (κ3) is 3.45. The highest BCUT2D eigenvalue weighted by atomic mass is 15.2. The molecule has 0 unspecified atom stereocenters. The van der Waals surface area contributed by atoms with Gasteiger partial charge in [0, 0.05) is 12.1 Å². The Kier molecular flexibility index (Phi) is 5.46. The van der Waals surface area contributed by atoms with Crippen LogP contribution in [0.1, 0.15) is 44.5 Å². The molecular weight excluding hydrogens is 250 g/mol. The second-order valence-electron chi connectivity index (χ2n) is 5.73. The van der Waals surface area contributed by atoms with Crippen molar-refractivity contribution >= 4 is 5.82 Å². The number of aryl methyl sites for hydroxylation is 1. The normalized spacial score (nSPS) is 11.5. The van der Waals surface area contributed by atoms with Gasteiger partial charge in [0.05, 0.1) is 5.69 Å². The highest BCUT2D eigenvalue weighted by Gasteiger charge is 2.22. The average molecular weight is 275 g/mol. The van der Waals surface area contributed by atoms with Gasteiger partial charge >= 0.3 is 0 Å². The molecule has 0 saturated heterocycles. The number of hydrogen-bond acceptors (Lipinski definition) is 5. The van der Waals surface area contributed by atoms with Crippen LogP contribution in [0.3, 0.4) is 0 Å². The Balaban J connectivity index is 3.06. The lowest BCUT2D eigenvalue weighted by Crippen LogP contribution is -2.44. The van der Waals surface area contributed by atoms with Gasteiger partial charge in [-0.05, 0) is 46.3 Å². The summed E-state index contributed by atoms with van der Waals surface area (Å²) >= 11 is 0. The minimum atomic E-state index is -0.0236. The van der Waals surface area contributed by atoms with Crippen molar-refractivity contribution in [2.45, 2.75) is 46.1 Å². The lowest BCUT2D eigenvalue weighted by atomic mass is 10.0. The predicted octanol–water partition coefficient (Wildman–Crippen LogP) is 2.23. The van der Waals surface area contributed by atoms with E-state index in [0.717, 1.165) is 24.1 Å². The zero-order valence-electron chi connectivity index (χ0n) is 13.4. The van der Waals surface area contributed by atoms with Gasteiger partial charge in [0.15, 0.2) is 5.82 Å². The van der Waals surface area contributed by atoms with E-state index in [4.69, 9.17) is 0 Å². The first-order valence-corrected chi connectivity index (χ1v) is 7.07. The first-order chi connectivity index (χ1) is 9.37. The second kappa shape index (κ2) is 6.67. The van der Waals surface area contributed by atoms with Crippen LogP contribution >= 0.6 is 0 Å². The number of nitrogens with zero attached hydrogens (tertiary/aromatic N) is 4. The van der Waals surface area contributed by atoms with Gasteiger partial charge in [-0.15, -0.1) is 5.10 Å². The number of rotatable bonds is 6. The summed E-state index contributed by atoms with van der Waals surface area (Å²) in [6.45, 7) is 9.07. The van der Waals surface area contributed by atoms with E-state index in [1.165, 1.54) is 0 Å². The highest BCUT2D eigenvalue weighted by molar-refractivity contribution is 5.56. The van der Waals surface area contributed by atoms with Gasteiger partial charge in [-0.25, -0.2) is 0 Å². The highest BCUT2D eigenvalue weighted by Crippen LogP contribution is 2.21. The maximum atomic E-state index is 9.42. The Hall–Kier alpha value is -1.67. The van der Waals surface area contributed by atoms with Gasteiger partial charge in [-0.2, -0.15) is 10.4 Å². The van der Waals surface area contributed by atoms with Gasteiger partial charge in [0.25, 0.3) is 0 Å². The molecule has 20 heavy (non-hydrogen) atoms. The smallest absolute Gasteiger partial charge is 0.167 e. The largest absolute Gasteiger partial charge is 0.366 e. The molecule has 5 heteroatoms. The number of anilines is 1. The predicted molar refractivity (Wildman–Crippen MR) is 81.8 cm³/mol. The van der Waals surface area contributed by atoms with Gasteiger partial charge in [0.1, 0.15) is 11.6 Å². The molecule has 1 heterocycles. The SMILES string of the molecule is CCc1nnc(NCC(C)(C)N(C)C)c(C#N)c1CC. The van der Waals surface area contributed by atoms with Crippen LogP contribution in [-0.4, -0.2) is 41.3 Å². The van der Waals surface area contributed by atoms with Gasteiger partial charge < -0.3 is 10.2 Å². The molecule has 1 rings (SSSR count). The summed E-state index contributed by atoms with van der Waals surface area (Å²) in [5.41, 5.74) is 2.54. The van der Waals surface area contributed by atoms with Crippen molar-refractivity contribution in [3.05, 3.63) is 16.8 Å². The fourth-order valence-corrected chi connectivity index (χ4v) is 1.88. The van der Waals surface area contributed by atoms with Crippen LogP contribution in [-0.2, 0) is 12.8 Å². The molecule has 0 aromatic carbocycles. The number of aromatic nitrogens is 2. The summed E-state index contributed by atoms with van der Waals surface area (Å²) in [7, 11) is 4.08. The molecule has 0 spiro atoms. The molecule has 0 radical (unpaired) electrons. The molecule has 0 bridgehead atoms. The van der Waals surface area contributed by atoms with E-state index >= 15 is 0 Å². The Morgan fingerprint density at radius 2 is 1.85 bits per heavy atom. The van der Waals surface area contributed by atoms with Crippen molar-refractivity contribution in [3.63, 3.8) is 0 Å².